The molecule has 0 aliphatic carbocycles. The van der Waals surface area contributed by atoms with E-state index >= 15 is 0 Å². The summed E-state index contributed by atoms with van der Waals surface area (Å²) in [5.41, 5.74) is 8.30. The van der Waals surface area contributed by atoms with Crippen LogP contribution in [0.15, 0.2) is 79.0 Å². The molecule has 1 atom stereocenters. The Hall–Kier alpha value is -3.66. The van der Waals surface area contributed by atoms with Crippen molar-refractivity contribution in [2.45, 2.75) is 59.5 Å². The number of anilines is 4. The van der Waals surface area contributed by atoms with Gasteiger partial charge in [0.1, 0.15) is 6.17 Å². The molecule has 0 N–H and O–H groups in total. The number of hydrogen-bond acceptors (Lipinski definition) is 4. The molecule has 2 heterocycles. The third kappa shape index (κ3) is 3.97. The van der Waals surface area contributed by atoms with Crippen molar-refractivity contribution in [1.82, 2.24) is 9.97 Å². The lowest BCUT2D eigenvalue weighted by Crippen LogP contribution is -2.35. The van der Waals surface area contributed by atoms with Gasteiger partial charge in [-0.2, -0.15) is 0 Å². The van der Waals surface area contributed by atoms with Gasteiger partial charge in [-0.05, 0) is 60.6 Å². The van der Waals surface area contributed by atoms with Crippen molar-refractivity contribution in [3.63, 3.8) is 0 Å². The standard InChI is InChI=1S/C31H34N4/c1-20(2)25-16-12-17-26(21(3)4)29(25)27-19-32-30-31(33-27)35(28-18-11-10-13-22(28)5)23(6)34(30)24-14-8-7-9-15-24/h7-21,23H,1-6H3. The summed E-state index contributed by atoms with van der Waals surface area (Å²) in [4.78, 5) is 15.1. The highest BCUT2D eigenvalue weighted by Crippen LogP contribution is 2.47. The number of aryl methyl sites for hydroxylation is 1. The van der Waals surface area contributed by atoms with Gasteiger partial charge < -0.3 is 9.80 Å². The van der Waals surface area contributed by atoms with E-state index < -0.39 is 0 Å². The van der Waals surface area contributed by atoms with Gasteiger partial charge in [0.2, 0.25) is 0 Å². The molecule has 3 aromatic carbocycles. The van der Waals surface area contributed by atoms with Crippen molar-refractivity contribution in [1.29, 1.82) is 0 Å². The molecule has 0 saturated carbocycles. The molecule has 1 aliphatic rings. The molecule has 0 amide bonds. The molecule has 0 radical (unpaired) electrons. The van der Waals surface area contributed by atoms with Gasteiger partial charge in [-0.3, -0.25) is 0 Å². The van der Waals surface area contributed by atoms with Crippen molar-refractivity contribution in [2.75, 3.05) is 9.80 Å². The molecule has 0 bridgehead atoms. The van der Waals surface area contributed by atoms with E-state index in [-0.39, 0.29) is 6.17 Å². The number of benzene rings is 3. The van der Waals surface area contributed by atoms with Crippen molar-refractivity contribution < 1.29 is 0 Å². The van der Waals surface area contributed by atoms with Gasteiger partial charge in [-0.25, -0.2) is 9.97 Å². The summed E-state index contributed by atoms with van der Waals surface area (Å²) in [6.45, 7) is 13.4. The molecule has 4 aromatic rings. The monoisotopic (exact) mass is 462 g/mol. The van der Waals surface area contributed by atoms with Crippen LogP contribution in [0.3, 0.4) is 0 Å². The molecule has 0 saturated heterocycles. The highest BCUT2D eigenvalue weighted by Gasteiger charge is 2.38. The van der Waals surface area contributed by atoms with Crippen LogP contribution in [0, 0.1) is 6.92 Å². The highest BCUT2D eigenvalue weighted by atomic mass is 15.5. The Bertz CT molecular complexity index is 1320. The third-order valence-corrected chi connectivity index (χ3v) is 6.98. The van der Waals surface area contributed by atoms with Crippen LogP contribution in [0.4, 0.5) is 23.0 Å². The summed E-state index contributed by atoms with van der Waals surface area (Å²) in [5, 5.41) is 0. The maximum atomic E-state index is 5.36. The summed E-state index contributed by atoms with van der Waals surface area (Å²) >= 11 is 0. The normalized spacial score (nSPS) is 15.3. The molecule has 1 aromatic heterocycles. The Morgan fingerprint density at radius 2 is 1.34 bits per heavy atom. The van der Waals surface area contributed by atoms with E-state index in [0.717, 1.165) is 28.7 Å². The van der Waals surface area contributed by atoms with Crippen LogP contribution in [-0.4, -0.2) is 16.1 Å². The fourth-order valence-electron chi connectivity index (χ4n) is 5.22. The number of para-hydroxylation sites is 2. The summed E-state index contributed by atoms with van der Waals surface area (Å²) < 4.78 is 0. The summed E-state index contributed by atoms with van der Waals surface area (Å²) in [7, 11) is 0. The van der Waals surface area contributed by atoms with E-state index in [9.17, 15) is 0 Å². The zero-order valence-corrected chi connectivity index (χ0v) is 21.5. The SMILES string of the molecule is Cc1ccccc1N1c2nc(-c3c(C(C)C)cccc3C(C)C)cnc2N(c2ccccc2)C1C. The summed E-state index contributed by atoms with van der Waals surface area (Å²) in [5.74, 6) is 2.59. The van der Waals surface area contributed by atoms with E-state index in [2.05, 4.69) is 124 Å². The number of rotatable bonds is 5. The van der Waals surface area contributed by atoms with Gasteiger partial charge in [0, 0.05) is 16.9 Å². The van der Waals surface area contributed by atoms with Gasteiger partial charge in [0.25, 0.3) is 0 Å². The Kier molecular flexibility index (Phi) is 6.06. The first-order valence-corrected chi connectivity index (χ1v) is 12.6. The molecule has 4 heteroatoms. The average Bonchev–Trinajstić information content (AvgIpc) is 3.15. The third-order valence-electron chi connectivity index (χ3n) is 6.98. The van der Waals surface area contributed by atoms with Gasteiger partial charge in [0.05, 0.1) is 11.9 Å². The largest absolute Gasteiger partial charge is 0.302 e. The van der Waals surface area contributed by atoms with Crippen LogP contribution in [0.2, 0.25) is 0 Å². The van der Waals surface area contributed by atoms with Crippen LogP contribution < -0.4 is 9.80 Å². The van der Waals surface area contributed by atoms with Gasteiger partial charge in [-0.1, -0.05) is 82.3 Å². The summed E-state index contributed by atoms with van der Waals surface area (Å²) in [6.07, 6.45) is 2.00. The minimum absolute atomic E-state index is 0.0358. The van der Waals surface area contributed by atoms with Crippen LogP contribution >= 0.6 is 0 Å². The second-order valence-electron chi connectivity index (χ2n) is 10.0. The van der Waals surface area contributed by atoms with Gasteiger partial charge in [-0.15, -0.1) is 0 Å². The van der Waals surface area contributed by atoms with Crippen molar-refractivity contribution >= 4 is 23.0 Å². The number of aromatic nitrogens is 2. The van der Waals surface area contributed by atoms with Crippen LogP contribution in [0.25, 0.3) is 11.3 Å². The van der Waals surface area contributed by atoms with Gasteiger partial charge in [0.15, 0.2) is 11.6 Å². The zero-order valence-electron chi connectivity index (χ0n) is 21.5. The minimum Gasteiger partial charge on any atom is -0.302 e. The Morgan fingerprint density at radius 3 is 1.97 bits per heavy atom. The molecular weight excluding hydrogens is 428 g/mol. The van der Waals surface area contributed by atoms with E-state index in [1.54, 1.807) is 0 Å². The molecule has 0 fully saturated rings. The lowest BCUT2D eigenvalue weighted by molar-refractivity contribution is 0.752. The molecule has 5 rings (SSSR count). The number of nitrogens with zero attached hydrogens (tertiary/aromatic N) is 4. The molecule has 1 unspecified atom stereocenters. The van der Waals surface area contributed by atoms with Crippen molar-refractivity contribution in [3.8, 4) is 11.3 Å². The van der Waals surface area contributed by atoms with Gasteiger partial charge >= 0.3 is 0 Å². The fourth-order valence-corrected chi connectivity index (χ4v) is 5.22. The Labute approximate surface area is 209 Å². The maximum Gasteiger partial charge on any atom is 0.179 e. The van der Waals surface area contributed by atoms with Crippen molar-refractivity contribution in [3.05, 3.63) is 95.7 Å². The minimum atomic E-state index is 0.0358. The molecule has 0 spiro atoms. The second kappa shape index (κ2) is 9.18. The van der Waals surface area contributed by atoms with E-state index in [1.165, 1.54) is 22.3 Å². The fraction of sp³-hybridized carbons (Fsp3) is 0.290. The van der Waals surface area contributed by atoms with Crippen LogP contribution in [0.5, 0.6) is 0 Å². The first-order chi connectivity index (χ1) is 16.9. The smallest absolute Gasteiger partial charge is 0.179 e. The molecule has 4 nitrogen and oxygen atoms in total. The van der Waals surface area contributed by atoms with Crippen LogP contribution in [0.1, 0.15) is 63.1 Å². The predicted molar refractivity (Wildman–Crippen MR) is 147 cm³/mol. The topological polar surface area (TPSA) is 32.3 Å². The number of fused-ring (bicyclic) bond motifs is 1. The van der Waals surface area contributed by atoms with Crippen LogP contribution in [-0.2, 0) is 0 Å². The lowest BCUT2D eigenvalue weighted by Gasteiger charge is -2.30. The zero-order chi connectivity index (χ0) is 24.7. The Balaban J connectivity index is 1.75. The first kappa shape index (κ1) is 23.1. The first-order valence-electron chi connectivity index (χ1n) is 12.6. The van der Waals surface area contributed by atoms with E-state index in [4.69, 9.17) is 9.97 Å². The average molecular weight is 463 g/mol. The second-order valence-corrected chi connectivity index (χ2v) is 10.0. The molecular formula is C31H34N4. The Morgan fingerprint density at radius 1 is 0.714 bits per heavy atom. The quantitative estimate of drug-likeness (QED) is 0.298. The predicted octanol–water partition coefficient (Wildman–Crippen LogP) is 8.33. The molecule has 178 valence electrons. The molecule has 1 aliphatic heterocycles. The number of hydrogen-bond donors (Lipinski definition) is 0. The van der Waals surface area contributed by atoms with E-state index in [1.807, 2.05) is 6.20 Å². The molecule has 35 heavy (non-hydrogen) atoms. The lowest BCUT2D eigenvalue weighted by atomic mass is 9.87. The highest BCUT2D eigenvalue weighted by molar-refractivity contribution is 5.85. The summed E-state index contributed by atoms with van der Waals surface area (Å²) in [6, 6.07) is 25.7. The van der Waals surface area contributed by atoms with E-state index in [0.29, 0.717) is 11.8 Å². The maximum absolute atomic E-state index is 5.36. The van der Waals surface area contributed by atoms with Crippen molar-refractivity contribution in [2.24, 2.45) is 0 Å².